The molecule has 0 aliphatic carbocycles. The summed E-state index contributed by atoms with van der Waals surface area (Å²) in [5, 5.41) is 12.9. The first kappa shape index (κ1) is 10.4. The summed E-state index contributed by atoms with van der Waals surface area (Å²) in [6.07, 6.45) is 6.16. The zero-order valence-corrected chi connectivity index (χ0v) is 8.80. The van der Waals surface area contributed by atoms with Crippen LogP contribution in [0.15, 0.2) is 0 Å². The van der Waals surface area contributed by atoms with E-state index in [-0.39, 0.29) is 5.41 Å². The Morgan fingerprint density at radius 2 is 2.36 bits per heavy atom. The average Bonchev–Trinajstić information content (AvgIpc) is 2.72. The molecule has 2 rings (SSSR count). The summed E-state index contributed by atoms with van der Waals surface area (Å²) >= 11 is 0. The van der Waals surface area contributed by atoms with Crippen molar-refractivity contribution in [1.29, 1.82) is 0 Å². The number of hydrogen-bond donors (Lipinski definition) is 2. The molecule has 0 aromatic heterocycles. The lowest BCUT2D eigenvalue weighted by atomic mass is 9.76. The predicted octanol–water partition coefficient (Wildman–Crippen LogP) is 0.918. The van der Waals surface area contributed by atoms with Crippen molar-refractivity contribution in [2.24, 2.45) is 5.41 Å². The Kier molecular flexibility index (Phi) is 3.42. The number of aliphatic hydroxyl groups excluding tert-OH is 1. The molecular formula is C11H21NO2. The molecule has 0 bridgehead atoms. The Morgan fingerprint density at radius 3 is 2.93 bits per heavy atom. The minimum atomic E-state index is 0.104. The van der Waals surface area contributed by atoms with Crippen LogP contribution in [0, 0.1) is 5.41 Å². The number of piperidine rings is 1. The van der Waals surface area contributed by atoms with Crippen molar-refractivity contribution in [3.63, 3.8) is 0 Å². The minimum Gasteiger partial charge on any atom is -0.396 e. The van der Waals surface area contributed by atoms with E-state index in [1.807, 2.05) is 0 Å². The molecule has 2 unspecified atom stereocenters. The van der Waals surface area contributed by atoms with E-state index in [4.69, 9.17) is 4.74 Å². The average molecular weight is 199 g/mol. The maximum absolute atomic E-state index is 9.51. The highest BCUT2D eigenvalue weighted by atomic mass is 16.5. The minimum absolute atomic E-state index is 0.104. The van der Waals surface area contributed by atoms with Crippen LogP contribution < -0.4 is 5.32 Å². The highest BCUT2D eigenvalue weighted by molar-refractivity contribution is 4.88. The van der Waals surface area contributed by atoms with Gasteiger partial charge in [0.25, 0.3) is 0 Å². The van der Waals surface area contributed by atoms with Crippen molar-refractivity contribution in [3.05, 3.63) is 0 Å². The number of aliphatic hydroxyl groups is 1. The van der Waals surface area contributed by atoms with Crippen molar-refractivity contribution >= 4 is 0 Å². The highest BCUT2D eigenvalue weighted by Gasteiger charge is 2.35. The summed E-state index contributed by atoms with van der Waals surface area (Å²) in [6.45, 7) is 3.29. The molecule has 3 heteroatoms. The third-order valence-electron chi connectivity index (χ3n) is 3.58. The topological polar surface area (TPSA) is 41.5 Å². The van der Waals surface area contributed by atoms with Crippen LogP contribution in [-0.2, 0) is 4.74 Å². The van der Waals surface area contributed by atoms with Crippen molar-refractivity contribution < 1.29 is 9.84 Å². The molecule has 2 aliphatic heterocycles. The molecule has 0 radical (unpaired) electrons. The van der Waals surface area contributed by atoms with Crippen LogP contribution in [0.4, 0.5) is 0 Å². The lowest BCUT2D eigenvalue weighted by Gasteiger charge is -2.37. The van der Waals surface area contributed by atoms with Gasteiger partial charge >= 0.3 is 0 Å². The van der Waals surface area contributed by atoms with Gasteiger partial charge in [-0.25, -0.2) is 0 Å². The molecule has 0 saturated carbocycles. The van der Waals surface area contributed by atoms with Crippen molar-refractivity contribution in [1.82, 2.24) is 5.32 Å². The first-order valence-corrected chi connectivity index (χ1v) is 5.78. The van der Waals surface area contributed by atoms with E-state index in [0.29, 0.717) is 12.7 Å². The predicted molar refractivity (Wildman–Crippen MR) is 55.2 cm³/mol. The molecule has 2 aliphatic rings. The largest absolute Gasteiger partial charge is 0.396 e. The van der Waals surface area contributed by atoms with Crippen LogP contribution in [0.1, 0.15) is 32.1 Å². The van der Waals surface area contributed by atoms with Crippen LogP contribution in [-0.4, -0.2) is 37.5 Å². The Hall–Kier alpha value is -0.120. The van der Waals surface area contributed by atoms with E-state index < -0.39 is 0 Å². The molecule has 2 N–H and O–H groups in total. The lowest BCUT2D eigenvalue weighted by Crippen LogP contribution is -2.44. The fraction of sp³-hybridized carbons (Fsp3) is 1.00. The lowest BCUT2D eigenvalue weighted by molar-refractivity contribution is 0.0169. The van der Waals surface area contributed by atoms with Crippen LogP contribution >= 0.6 is 0 Å². The second-order valence-electron chi connectivity index (χ2n) is 4.78. The Morgan fingerprint density at radius 1 is 1.43 bits per heavy atom. The highest BCUT2D eigenvalue weighted by Crippen LogP contribution is 2.34. The zero-order chi connectivity index (χ0) is 9.86. The summed E-state index contributed by atoms with van der Waals surface area (Å²) in [5.74, 6) is 0. The molecule has 2 heterocycles. The Bertz CT molecular complexity index is 172. The van der Waals surface area contributed by atoms with Gasteiger partial charge < -0.3 is 15.2 Å². The summed E-state index contributed by atoms with van der Waals surface area (Å²) in [5.41, 5.74) is 0.104. The standard InChI is InChI=1S/C11H21NO2/c13-9-11(4-2-5-12-8-11)7-10-3-1-6-14-10/h10,12-13H,1-9H2. The van der Waals surface area contributed by atoms with Gasteiger partial charge in [0, 0.05) is 18.6 Å². The molecule has 0 amide bonds. The zero-order valence-electron chi connectivity index (χ0n) is 8.80. The van der Waals surface area contributed by atoms with Crippen LogP contribution in [0.2, 0.25) is 0 Å². The third-order valence-corrected chi connectivity index (χ3v) is 3.58. The fourth-order valence-electron chi connectivity index (χ4n) is 2.69. The van der Waals surface area contributed by atoms with Gasteiger partial charge in [-0.1, -0.05) is 0 Å². The monoisotopic (exact) mass is 199 g/mol. The normalized spacial score (nSPS) is 38.8. The molecule has 14 heavy (non-hydrogen) atoms. The molecular weight excluding hydrogens is 178 g/mol. The number of rotatable bonds is 3. The molecule has 2 atom stereocenters. The van der Waals surface area contributed by atoms with E-state index in [9.17, 15) is 5.11 Å². The van der Waals surface area contributed by atoms with Gasteiger partial charge in [-0.3, -0.25) is 0 Å². The van der Waals surface area contributed by atoms with Gasteiger partial charge in [0.15, 0.2) is 0 Å². The first-order chi connectivity index (χ1) is 6.85. The summed E-state index contributed by atoms with van der Waals surface area (Å²) in [4.78, 5) is 0. The van der Waals surface area contributed by atoms with Gasteiger partial charge in [-0.15, -0.1) is 0 Å². The summed E-state index contributed by atoms with van der Waals surface area (Å²) in [6, 6.07) is 0. The van der Waals surface area contributed by atoms with E-state index in [1.54, 1.807) is 0 Å². The van der Waals surface area contributed by atoms with Crippen molar-refractivity contribution in [3.8, 4) is 0 Å². The Labute approximate surface area is 85.8 Å². The van der Waals surface area contributed by atoms with E-state index in [2.05, 4.69) is 5.32 Å². The SMILES string of the molecule is OCC1(CC2CCCO2)CCCNC1. The van der Waals surface area contributed by atoms with Crippen LogP contribution in [0.25, 0.3) is 0 Å². The third kappa shape index (κ3) is 2.27. The van der Waals surface area contributed by atoms with Gasteiger partial charge in [0.1, 0.15) is 0 Å². The van der Waals surface area contributed by atoms with E-state index in [0.717, 1.165) is 32.5 Å². The van der Waals surface area contributed by atoms with Crippen molar-refractivity contribution in [2.75, 3.05) is 26.3 Å². The summed E-state index contributed by atoms with van der Waals surface area (Å²) in [7, 11) is 0. The molecule has 2 fully saturated rings. The van der Waals surface area contributed by atoms with Crippen molar-refractivity contribution in [2.45, 2.75) is 38.2 Å². The van der Waals surface area contributed by atoms with E-state index in [1.165, 1.54) is 19.3 Å². The smallest absolute Gasteiger partial charge is 0.0582 e. The fourth-order valence-corrected chi connectivity index (χ4v) is 2.69. The molecule has 82 valence electrons. The maximum atomic E-state index is 9.51. The van der Waals surface area contributed by atoms with E-state index >= 15 is 0 Å². The molecule has 3 nitrogen and oxygen atoms in total. The van der Waals surface area contributed by atoms with Gasteiger partial charge in [-0.05, 0) is 38.6 Å². The second kappa shape index (κ2) is 4.60. The molecule has 0 spiro atoms. The summed E-state index contributed by atoms with van der Waals surface area (Å²) < 4.78 is 5.64. The molecule has 2 saturated heterocycles. The molecule has 0 aromatic rings. The quantitative estimate of drug-likeness (QED) is 0.710. The Balaban J connectivity index is 1.89. The number of ether oxygens (including phenoxy) is 1. The van der Waals surface area contributed by atoms with Gasteiger partial charge in [0.2, 0.25) is 0 Å². The van der Waals surface area contributed by atoms with Crippen LogP contribution in [0.3, 0.4) is 0 Å². The van der Waals surface area contributed by atoms with Crippen LogP contribution in [0.5, 0.6) is 0 Å². The maximum Gasteiger partial charge on any atom is 0.0582 e. The van der Waals surface area contributed by atoms with Gasteiger partial charge in [0.05, 0.1) is 12.7 Å². The second-order valence-corrected chi connectivity index (χ2v) is 4.78. The molecule has 0 aromatic carbocycles. The number of hydrogen-bond acceptors (Lipinski definition) is 3. The number of nitrogens with one attached hydrogen (secondary N) is 1. The first-order valence-electron chi connectivity index (χ1n) is 5.78. The van der Waals surface area contributed by atoms with Gasteiger partial charge in [-0.2, -0.15) is 0 Å².